The zero-order valence-electron chi connectivity index (χ0n) is 11.7. The molecule has 1 N–H and O–H groups in total. The smallest absolute Gasteiger partial charge is 0.243 e. The van der Waals surface area contributed by atoms with Crippen LogP contribution in [0, 0.1) is 18.3 Å². The molecule has 1 aromatic rings. The normalized spacial score (nSPS) is 22.9. The minimum Gasteiger partial charge on any atom is -0.356 e. The number of carbonyl (C=O) groups is 1. The van der Waals surface area contributed by atoms with Crippen LogP contribution in [0.15, 0.2) is 22.7 Å². The molecule has 106 valence electrons. The number of nitrogens with one attached hydrogen (secondary N) is 1. The van der Waals surface area contributed by atoms with Gasteiger partial charge in [-0.2, -0.15) is 5.26 Å². The summed E-state index contributed by atoms with van der Waals surface area (Å²) in [4.78, 5) is 14.2. The number of aryl methyl sites for hydroxylation is 1. The van der Waals surface area contributed by atoms with E-state index in [2.05, 4.69) is 45.2 Å². The Kier molecular flexibility index (Phi) is 4.66. The van der Waals surface area contributed by atoms with Crippen LogP contribution in [0.4, 0.5) is 5.69 Å². The molecule has 2 rings (SSSR count). The number of nitriles is 1. The Morgan fingerprint density at radius 2 is 2.30 bits per heavy atom. The lowest BCUT2D eigenvalue weighted by atomic mass is 10.1. The molecule has 4 nitrogen and oxygen atoms in total. The number of hydrogen-bond donors (Lipinski definition) is 1. The topological polar surface area (TPSA) is 56.1 Å². The monoisotopic (exact) mass is 335 g/mol. The van der Waals surface area contributed by atoms with Crippen molar-refractivity contribution < 1.29 is 4.79 Å². The summed E-state index contributed by atoms with van der Waals surface area (Å²) in [7, 11) is 0. The van der Waals surface area contributed by atoms with E-state index in [-0.39, 0.29) is 18.4 Å². The Labute approximate surface area is 127 Å². The lowest BCUT2D eigenvalue weighted by molar-refractivity contribution is -0.122. The van der Waals surface area contributed by atoms with Gasteiger partial charge in [0.2, 0.25) is 5.91 Å². The van der Waals surface area contributed by atoms with Crippen molar-refractivity contribution in [3.05, 3.63) is 28.2 Å². The highest BCUT2D eigenvalue weighted by atomic mass is 79.9. The fourth-order valence-corrected chi connectivity index (χ4v) is 2.84. The largest absolute Gasteiger partial charge is 0.356 e. The first-order chi connectivity index (χ1) is 9.54. The molecule has 0 aliphatic carbocycles. The Morgan fingerprint density at radius 1 is 1.55 bits per heavy atom. The van der Waals surface area contributed by atoms with Gasteiger partial charge < -0.3 is 10.2 Å². The summed E-state index contributed by atoms with van der Waals surface area (Å²) in [6.45, 7) is 4.78. The Hall–Kier alpha value is -1.54. The van der Waals surface area contributed by atoms with Crippen LogP contribution >= 0.6 is 15.9 Å². The van der Waals surface area contributed by atoms with E-state index < -0.39 is 6.04 Å². The summed E-state index contributed by atoms with van der Waals surface area (Å²) in [6.07, 6.45) is 1.08. The van der Waals surface area contributed by atoms with Gasteiger partial charge in [-0.05, 0) is 44.0 Å². The highest BCUT2D eigenvalue weighted by Gasteiger charge is 2.32. The zero-order valence-corrected chi connectivity index (χ0v) is 13.3. The van der Waals surface area contributed by atoms with E-state index in [1.807, 2.05) is 19.1 Å². The molecule has 2 unspecified atom stereocenters. The predicted molar refractivity (Wildman–Crippen MR) is 82.5 cm³/mol. The zero-order chi connectivity index (χ0) is 14.7. The molecule has 1 aromatic carbocycles. The third kappa shape index (κ3) is 2.96. The summed E-state index contributed by atoms with van der Waals surface area (Å²) in [5.74, 6) is -0.0588. The summed E-state index contributed by atoms with van der Waals surface area (Å²) >= 11 is 3.49. The standard InChI is InChI=1S/C15H18BrN3O/c1-10-9-12(3-4-13(10)16)19-11(2)6-8-18-15(20)14(19)5-7-17/h3-4,9,11,14H,5-6,8H2,1-2H3,(H,18,20). The number of amides is 1. The van der Waals surface area contributed by atoms with Gasteiger partial charge in [0.15, 0.2) is 0 Å². The molecular formula is C15H18BrN3O. The number of benzene rings is 1. The molecule has 2 atom stereocenters. The maximum atomic E-state index is 12.2. The molecule has 1 heterocycles. The summed E-state index contributed by atoms with van der Waals surface area (Å²) in [5.41, 5.74) is 2.12. The summed E-state index contributed by atoms with van der Waals surface area (Å²) in [6, 6.07) is 7.97. The van der Waals surface area contributed by atoms with Gasteiger partial charge in [-0.25, -0.2) is 0 Å². The van der Waals surface area contributed by atoms with Gasteiger partial charge in [0.1, 0.15) is 6.04 Å². The van der Waals surface area contributed by atoms with E-state index in [1.165, 1.54) is 0 Å². The highest BCUT2D eigenvalue weighted by Crippen LogP contribution is 2.28. The molecule has 1 fully saturated rings. The summed E-state index contributed by atoms with van der Waals surface area (Å²) < 4.78 is 1.05. The average Bonchev–Trinajstić information content (AvgIpc) is 2.54. The molecule has 1 amide bonds. The van der Waals surface area contributed by atoms with Crippen LogP contribution < -0.4 is 10.2 Å². The lowest BCUT2D eigenvalue weighted by Gasteiger charge is -2.34. The molecule has 5 heteroatoms. The van der Waals surface area contributed by atoms with Gasteiger partial charge in [-0.15, -0.1) is 0 Å². The van der Waals surface area contributed by atoms with Crippen LogP contribution in [-0.4, -0.2) is 24.5 Å². The minimum atomic E-state index is -0.418. The van der Waals surface area contributed by atoms with Crippen molar-refractivity contribution in [3.63, 3.8) is 0 Å². The van der Waals surface area contributed by atoms with Crippen molar-refractivity contribution in [2.24, 2.45) is 0 Å². The van der Waals surface area contributed by atoms with Crippen LogP contribution in [-0.2, 0) is 4.79 Å². The first-order valence-electron chi connectivity index (χ1n) is 6.73. The van der Waals surface area contributed by atoms with Crippen molar-refractivity contribution in [1.82, 2.24) is 5.32 Å². The molecule has 0 spiro atoms. The second-order valence-corrected chi connectivity index (χ2v) is 6.00. The number of hydrogen-bond acceptors (Lipinski definition) is 3. The van der Waals surface area contributed by atoms with E-state index in [4.69, 9.17) is 5.26 Å². The highest BCUT2D eigenvalue weighted by molar-refractivity contribution is 9.10. The average molecular weight is 336 g/mol. The van der Waals surface area contributed by atoms with E-state index in [0.717, 1.165) is 22.1 Å². The van der Waals surface area contributed by atoms with Gasteiger partial charge in [0.25, 0.3) is 0 Å². The number of carbonyl (C=O) groups excluding carboxylic acids is 1. The third-order valence-corrected chi connectivity index (χ3v) is 4.59. The molecular weight excluding hydrogens is 318 g/mol. The number of halogens is 1. The van der Waals surface area contributed by atoms with Gasteiger partial charge in [-0.1, -0.05) is 15.9 Å². The fraction of sp³-hybridized carbons (Fsp3) is 0.467. The van der Waals surface area contributed by atoms with Crippen molar-refractivity contribution in [2.45, 2.75) is 38.8 Å². The summed E-state index contributed by atoms with van der Waals surface area (Å²) in [5, 5.41) is 11.9. The Morgan fingerprint density at radius 3 is 2.95 bits per heavy atom. The molecule has 0 radical (unpaired) electrons. The Bertz CT molecular complexity index is 553. The lowest BCUT2D eigenvalue weighted by Crippen LogP contribution is -2.47. The van der Waals surface area contributed by atoms with E-state index in [0.29, 0.717) is 6.54 Å². The molecule has 1 saturated heterocycles. The maximum Gasteiger partial charge on any atom is 0.243 e. The molecule has 20 heavy (non-hydrogen) atoms. The first-order valence-corrected chi connectivity index (χ1v) is 7.53. The second-order valence-electron chi connectivity index (χ2n) is 5.15. The predicted octanol–water partition coefficient (Wildman–Crippen LogP) is 2.75. The van der Waals surface area contributed by atoms with Crippen LogP contribution in [0.2, 0.25) is 0 Å². The fourth-order valence-electron chi connectivity index (χ4n) is 2.60. The first kappa shape index (κ1) is 14.9. The molecule has 0 saturated carbocycles. The van der Waals surface area contributed by atoms with E-state index in [9.17, 15) is 4.79 Å². The van der Waals surface area contributed by atoms with Gasteiger partial charge in [0.05, 0.1) is 12.5 Å². The van der Waals surface area contributed by atoms with Crippen LogP contribution in [0.3, 0.4) is 0 Å². The Balaban J connectivity index is 2.43. The number of anilines is 1. The third-order valence-electron chi connectivity index (χ3n) is 3.70. The van der Waals surface area contributed by atoms with Crippen LogP contribution in [0.1, 0.15) is 25.3 Å². The van der Waals surface area contributed by atoms with Crippen molar-refractivity contribution >= 4 is 27.5 Å². The van der Waals surface area contributed by atoms with Crippen molar-refractivity contribution in [2.75, 3.05) is 11.4 Å². The quantitative estimate of drug-likeness (QED) is 0.904. The molecule has 0 aromatic heterocycles. The van der Waals surface area contributed by atoms with Gasteiger partial charge in [0, 0.05) is 22.7 Å². The number of nitrogens with zero attached hydrogens (tertiary/aromatic N) is 2. The SMILES string of the molecule is Cc1cc(N2C(C)CCNC(=O)C2CC#N)ccc1Br. The van der Waals surface area contributed by atoms with E-state index >= 15 is 0 Å². The van der Waals surface area contributed by atoms with Crippen molar-refractivity contribution in [1.29, 1.82) is 5.26 Å². The van der Waals surface area contributed by atoms with Crippen molar-refractivity contribution in [3.8, 4) is 6.07 Å². The van der Waals surface area contributed by atoms with Gasteiger partial charge >= 0.3 is 0 Å². The second kappa shape index (κ2) is 6.27. The number of rotatable bonds is 2. The maximum absolute atomic E-state index is 12.2. The minimum absolute atomic E-state index is 0.0588. The van der Waals surface area contributed by atoms with Gasteiger partial charge in [-0.3, -0.25) is 4.79 Å². The van der Waals surface area contributed by atoms with E-state index in [1.54, 1.807) is 0 Å². The van der Waals surface area contributed by atoms with Crippen LogP contribution in [0.25, 0.3) is 0 Å². The molecule has 1 aliphatic rings. The molecule has 0 bridgehead atoms. The molecule has 1 aliphatic heterocycles. The van der Waals surface area contributed by atoms with Crippen LogP contribution in [0.5, 0.6) is 0 Å².